The summed E-state index contributed by atoms with van der Waals surface area (Å²) in [4.78, 5) is 13.2. The molecule has 0 radical (unpaired) electrons. The summed E-state index contributed by atoms with van der Waals surface area (Å²) in [5.74, 6) is -0.390. The van der Waals surface area contributed by atoms with E-state index in [2.05, 4.69) is 10.4 Å². The van der Waals surface area contributed by atoms with E-state index < -0.39 is 38.2 Å². The van der Waals surface area contributed by atoms with Gasteiger partial charge in [0.1, 0.15) is 15.6 Å². The Morgan fingerprint density at radius 1 is 1.24 bits per heavy atom. The highest BCUT2D eigenvalue weighted by atomic mass is 35.5. The van der Waals surface area contributed by atoms with E-state index in [0.29, 0.717) is 16.8 Å². The second-order valence-electron chi connectivity index (χ2n) is 11.3. The Kier molecular flexibility index (Phi) is 10.1. The number of carbonyl (C=O) groups excluding carboxylic acids is 1. The van der Waals surface area contributed by atoms with Gasteiger partial charge in [0.25, 0.3) is 5.91 Å². The van der Waals surface area contributed by atoms with E-state index in [1.807, 2.05) is 0 Å². The molecule has 3 rings (SSSR count). The third kappa shape index (κ3) is 7.74. The SMILES string of the molecule is COCCn1nc(C(=O)NC[C@]2(O)CC[C@@H](S(C)(=O)=O)CC2)c(Cl)c1-c1ccc(CC(C)(C)C(F)(F)F)cc1OC. The molecule has 2 aromatic rings. The van der Waals surface area contributed by atoms with Crippen molar-refractivity contribution in [2.24, 2.45) is 5.41 Å². The minimum atomic E-state index is -4.40. The fourth-order valence-electron chi connectivity index (χ4n) is 4.90. The Morgan fingerprint density at radius 2 is 1.88 bits per heavy atom. The molecule has 1 heterocycles. The van der Waals surface area contributed by atoms with Crippen LogP contribution >= 0.6 is 11.6 Å². The van der Waals surface area contributed by atoms with Gasteiger partial charge in [-0.15, -0.1) is 0 Å². The highest BCUT2D eigenvalue weighted by Gasteiger charge is 2.47. The molecule has 0 atom stereocenters. The van der Waals surface area contributed by atoms with Gasteiger partial charge in [-0.1, -0.05) is 31.5 Å². The highest BCUT2D eigenvalue weighted by molar-refractivity contribution is 7.91. The van der Waals surface area contributed by atoms with Crippen LogP contribution in [-0.4, -0.2) is 79.9 Å². The molecule has 1 aliphatic carbocycles. The maximum absolute atomic E-state index is 13.5. The predicted molar refractivity (Wildman–Crippen MR) is 149 cm³/mol. The average molecular weight is 624 g/mol. The minimum Gasteiger partial charge on any atom is -0.496 e. The molecule has 14 heteroatoms. The van der Waals surface area contributed by atoms with E-state index in [-0.39, 0.29) is 68.3 Å². The van der Waals surface area contributed by atoms with Crippen LogP contribution in [0.5, 0.6) is 5.75 Å². The molecule has 1 saturated carbocycles. The number of nitrogens with one attached hydrogen (secondary N) is 1. The Bertz CT molecular complexity index is 1350. The number of alkyl halides is 3. The first-order valence-corrected chi connectivity index (χ1v) is 15.4. The van der Waals surface area contributed by atoms with Gasteiger partial charge in [0.05, 0.1) is 47.2 Å². The zero-order valence-corrected chi connectivity index (χ0v) is 25.3. The third-order valence-electron chi connectivity index (χ3n) is 7.60. The van der Waals surface area contributed by atoms with Crippen LogP contribution in [0.2, 0.25) is 5.02 Å². The van der Waals surface area contributed by atoms with Gasteiger partial charge in [0.2, 0.25) is 0 Å². The van der Waals surface area contributed by atoms with E-state index in [9.17, 15) is 31.5 Å². The summed E-state index contributed by atoms with van der Waals surface area (Å²) in [5, 5.41) is 17.4. The number of rotatable bonds is 11. The van der Waals surface area contributed by atoms with Gasteiger partial charge in [0, 0.05) is 25.5 Å². The van der Waals surface area contributed by atoms with Crippen molar-refractivity contribution in [1.82, 2.24) is 15.1 Å². The topological polar surface area (TPSA) is 120 Å². The van der Waals surface area contributed by atoms with Gasteiger partial charge in [0.15, 0.2) is 5.69 Å². The summed E-state index contributed by atoms with van der Waals surface area (Å²) >= 11 is 6.68. The smallest absolute Gasteiger partial charge is 0.394 e. The van der Waals surface area contributed by atoms with Crippen molar-refractivity contribution in [3.8, 4) is 17.0 Å². The van der Waals surface area contributed by atoms with Crippen molar-refractivity contribution in [3.63, 3.8) is 0 Å². The largest absolute Gasteiger partial charge is 0.496 e. The Balaban J connectivity index is 1.88. The van der Waals surface area contributed by atoms with Crippen molar-refractivity contribution >= 4 is 27.3 Å². The number of halogens is 4. The number of sulfone groups is 1. The number of methoxy groups -OCH3 is 2. The van der Waals surface area contributed by atoms with Crippen molar-refractivity contribution in [3.05, 3.63) is 34.5 Å². The lowest BCUT2D eigenvalue weighted by atomic mass is 9.84. The van der Waals surface area contributed by atoms with Crippen LogP contribution in [0.1, 0.15) is 55.6 Å². The number of nitrogens with zero attached hydrogens (tertiary/aromatic N) is 2. The van der Waals surface area contributed by atoms with Crippen LogP contribution in [0.3, 0.4) is 0 Å². The first-order chi connectivity index (χ1) is 18.9. The predicted octanol–water partition coefficient (Wildman–Crippen LogP) is 4.44. The van der Waals surface area contributed by atoms with Crippen LogP contribution in [0.15, 0.2) is 18.2 Å². The summed E-state index contributed by atoms with van der Waals surface area (Å²) in [6, 6.07) is 4.64. The Labute approximate surface area is 243 Å². The van der Waals surface area contributed by atoms with Gasteiger partial charge >= 0.3 is 6.18 Å². The van der Waals surface area contributed by atoms with Gasteiger partial charge in [-0.3, -0.25) is 9.48 Å². The Hall–Kier alpha value is -2.35. The molecular formula is C27H37ClF3N3O6S. The van der Waals surface area contributed by atoms with E-state index in [1.54, 1.807) is 12.1 Å². The number of benzene rings is 1. The monoisotopic (exact) mass is 623 g/mol. The normalized spacial score (nSPS) is 20.2. The second kappa shape index (κ2) is 12.5. The molecule has 0 unspecified atom stereocenters. The molecule has 0 saturated heterocycles. The number of amides is 1. The Morgan fingerprint density at radius 3 is 2.41 bits per heavy atom. The summed E-state index contributed by atoms with van der Waals surface area (Å²) in [5.41, 5.74) is -2.20. The number of hydrogen-bond acceptors (Lipinski definition) is 7. The van der Waals surface area contributed by atoms with Crippen LogP contribution in [0.25, 0.3) is 11.3 Å². The highest BCUT2D eigenvalue weighted by Crippen LogP contribution is 2.42. The van der Waals surface area contributed by atoms with E-state index in [0.717, 1.165) is 13.8 Å². The van der Waals surface area contributed by atoms with Crippen molar-refractivity contribution in [1.29, 1.82) is 0 Å². The van der Waals surface area contributed by atoms with Crippen LogP contribution in [-0.2, 0) is 27.5 Å². The molecule has 0 bridgehead atoms. The maximum Gasteiger partial charge on any atom is 0.394 e. The van der Waals surface area contributed by atoms with Gasteiger partial charge in [-0.2, -0.15) is 18.3 Å². The summed E-state index contributed by atoms with van der Waals surface area (Å²) in [6.45, 7) is 2.58. The summed E-state index contributed by atoms with van der Waals surface area (Å²) in [7, 11) is -0.337. The van der Waals surface area contributed by atoms with Crippen molar-refractivity contribution in [2.45, 2.75) is 69.5 Å². The fraction of sp³-hybridized carbons (Fsp3) is 0.630. The third-order valence-corrected chi connectivity index (χ3v) is 9.64. The fourth-order valence-corrected chi connectivity index (χ4v) is 6.31. The lowest BCUT2D eigenvalue weighted by molar-refractivity contribution is -0.211. The lowest BCUT2D eigenvalue weighted by Crippen LogP contribution is -2.47. The quantitative estimate of drug-likeness (QED) is 0.380. The number of hydrogen-bond donors (Lipinski definition) is 2. The molecule has 230 valence electrons. The van der Waals surface area contributed by atoms with Gasteiger partial charge in [-0.25, -0.2) is 8.42 Å². The first kappa shape index (κ1) is 33.2. The molecule has 0 spiro atoms. The van der Waals surface area contributed by atoms with Crippen molar-refractivity contribution in [2.75, 3.05) is 33.6 Å². The lowest BCUT2D eigenvalue weighted by Gasteiger charge is -2.35. The first-order valence-electron chi connectivity index (χ1n) is 13.1. The molecule has 1 amide bonds. The molecule has 2 N–H and O–H groups in total. The number of aliphatic hydroxyl groups is 1. The summed E-state index contributed by atoms with van der Waals surface area (Å²) in [6.07, 6.45) is -2.50. The molecule has 1 aliphatic rings. The van der Waals surface area contributed by atoms with E-state index in [4.69, 9.17) is 21.1 Å². The van der Waals surface area contributed by atoms with Gasteiger partial charge < -0.3 is 19.9 Å². The zero-order valence-electron chi connectivity index (χ0n) is 23.8. The second-order valence-corrected chi connectivity index (χ2v) is 14.0. The standard InChI is InChI=1S/C27H37ClF3N3O6S/c1-25(2,27(29,30)31)15-17-6-7-19(20(14-17)40-4)23-21(28)22(33-34(23)12-13-39-3)24(35)32-16-26(36)10-8-18(9-11-26)41(5,37)38/h6-7,14,18,36H,8-13,15-16H2,1-5H3,(H,32,35)/t18-,26+. The molecule has 1 fully saturated rings. The molecule has 1 aromatic heterocycles. The van der Waals surface area contributed by atoms with Gasteiger partial charge in [-0.05, 0) is 49.8 Å². The zero-order chi connectivity index (χ0) is 30.8. The van der Waals surface area contributed by atoms with Crippen LogP contribution in [0, 0.1) is 5.41 Å². The minimum absolute atomic E-state index is 0.00644. The molecule has 1 aromatic carbocycles. The number of ether oxygens (including phenoxy) is 2. The van der Waals surface area contributed by atoms with E-state index >= 15 is 0 Å². The van der Waals surface area contributed by atoms with E-state index in [1.165, 1.54) is 31.2 Å². The number of aromatic nitrogens is 2. The molecular weight excluding hydrogens is 587 g/mol. The maximum atomic E-state index is 13.5. The molecule has 0 aliphatic heterocycles. The average Bonchev–Trinajstić information content (AvgIpc) is 3.20. The van der Waals surface area contributed by atoms with Crippen LogP contribution < -0.4 is 10.1 Å². The number of carbonyl (C=O) groups is 1. The van der Waals surface area contributed by atoms with Crippen molar-refractivity contribution < 1.29 is 41.0 Å². The molecule has 9 nitrogen and oxygen atoms in total. The van der Waals surface area contributed by atoms with Crippen LogP contribution in [0.4, 0.5) is 13.2 Å². The summed E-state index contributed by atoms with van der Waals surface area (Å²) < 4.78 is 76.2. The molecule has 41 heavy (non-hydrogen) atoms.